The molecular weight excluding hydrogens is 735 g/mol. The van der Waals surface area contributed by atoms with Crippen LogP contribution >= 0.6 is 0 Å². The first-order valence-corrected chi connectivity index (χ1v) is 26.9. The van der Waals surface area contributed by atoms with Crippen LogP contribution in [-0.2, 0) is 4.79 Å². The molecule has 60 heavy (non-hydrogen) atoms. The van der Waals surface area contributed by atoms with Crippen LogP contribution in [0.4, 0.5) is 0 Å². The Bertz CT molecular complexity index is 954. The monoisotopic (exact) mass is 840 g/mol. The average Bonchev–Trinajstić information content (AvgIpc) is 3.25. The van der Waals surface area contributed by atoms with Crippen LogP contribution in [0.1, 0.15) is 284 Å². The number of amides is 1. The first kappa shape index (κ1) is 58.4. The number of unbranched alkanes of at least 4 members (excludes halogenated alkanes) is 36. The summed E-state index contributed by atoms with van der Waals surface area (Å²) in [5, 5.41) is 23.0. The quantitative estimate of drug-likeness (QED) is 0.0422. The number of carbonyl (C=O) groups is 1. The van der Waals surface area contributed by atoms with Crippen molar-refractivity contribution in [1.82, 2.24) is 5.32 Å². The molecule has 0 aromatic carbocycles. The number of aliphatic hydroxyl groups is 2. The zero-order chi connectivity index (χ0) is 43.5. The third-order valence-corrected chi connectivity index (χ3v) is 12.3. The van der Waals surface area contributed by atoms with Crippen LogP contribution in [0.25, 0.3) is 0 Å². The van der Waals surface area contributed by atoms with E-state index in [0.717, 1.165) is 51.4 Å². The largest absolute Gasteiger partial charge is 0.394 e. The van der Waals surface area contributed by atoms with Gasteiger partial charge in [-0.3, -0.25) is 4.79 Å². The topological polar surface area (TPSA) is 69.6 Å². The molecule has 0 bridgehead atoms. The van der Waals surface area contributed by atoms with Gasteiger partial charge in [0, 0.05) is 6.42 Å². The maximum Gasteiger partial charge on any atom is 0.220 e. The van der Waals surface area contributed by atoms with Gasteiger partial charge >= 0.3 is 0 Å². The maximum atomic E-state index is 12.4. The van der Waals surface area contributed by atoms with Crippen LogP contribution in [0.5, 0.6) is 0 Å². The highest BCUT2D eigenvalue weighted by Crippen LogP contribution is 2.16. The summed E-state index contributed by atoms with van der Waals surface area (Å²) in [6.07, 6.45) is 71.3. The molecule has 1 amide bonds. The van der Waals surface area contributed by atoms with E-state index in [4.69, 9.17) is 0 Å². The Labute approximate surface area is 375 Å². The van der Waals surface area contributed by atoms with Gasteiger partial charge in [0.1, 0.15) is 0 Å². The molecule has 0 spiro atoms. The summed E-state index contributed by atoms with van der Waals surface area (Å²) in [6, 6.07) is -0.650. The van der Waals surface area contributed by atoms with E-state index in [1.807, 2.05) is 6.08 Å². The van der Waals surface area contributed by atoms with Crippen molar-refractivity contribution >= 4 is 5.91 Å². The molecule has 4 heteroatoms. The van der Waals surface area contributed by atoms with E-state index in [1.54, 1.807) is 6.08 Å². The Morgan fingerprint density at radius 3 is 0.967 bits per heavy atom. The molecule has 0 saturated carbocycles. The lowest BCUT2D eigenvalue weighted by molar-refractivity contribution is -0.123. The molecule has 0 heterocycles. The van der Waals surface area contributed by atoms with Gasteiger partial charge in [0.25, 0.3) is 0 Å². The molecule has 0 aliphatic heterocycles. The molecule has 2 atom stereocenters. The Kier molecular flexibility index (Phi) is 50.3. The van der Waals surface area contributed by atoms with E-state index in [-0.39, 0.29) is 12.5 Å². The van der Waals surface area contributed by atoms with Crippen LogP contribution < -0.4 is 5.32 Å². The Hall–Kier alpha value is -1.65. The van der Waals surface area contributed by atoms with Gasteiger partial charge in [0.15, 0.2) is 0 Å². The van der Waals surface area contributed by atoms with Gasteiger partial charge in [-0.25, -0.2) is 0 Å². The summed E-state index contributed by atoms with van der Waals surface area (Å²) in [5.41, 5.74) is 0. The highest BCUT2D eigenvalue weighted by Gasteiger charge is 2.17. The van der Waals surface area contributed by atoms with E-state index < -0.39 is 12.1 Å². The van der Waals surface area contributed by atoms with Crippen molar-refractivity contribution in [2.45, 2.75) is 296 Å². The minimum Gasteiger partial charge on any atom is -0.394 e. The highest BCUT2D eigenvalue weighted by molar-refractivity contribution is 5.76. The molecule has 0 fully saturated rings. The average molecular weight is 840 g/mol. The number of allylic oxidation sites excluding steroid dienone is 7. The van der Waals surface area contributed by atoms with Gasteiger partial charge < -0.3 is 15.5 Å². The van der Waals surface area contributed by atoms with Crippen molar-refractivity contribution in [3.63, 3.8) is 0 Å². The van der Waals surface area contributed by atoms with Gasteiger partial charge in [0.05, 0.1) is 18.8 Å². The van der Waals surface area contributed by atoms with Gasteiger partial charge in [-0.05, 0) is 70.6 Å². The fourth-order valence-corrected chi connectivity index (χ4v) is 8.15. The minimum absolute atomic E-state index is 0.0858. The molecule has 0 aromatic heterocycles. The number of nitrogens with one attached hydrogen (secondary N) is 1. The molecule has 0 aromatic rings. The SMILES string of the molecule is CCCCCCCC/C=C\CCCCCCCC(=O)NC(CO)C(O)/C=C/CC/C=C/CC/C=C/CCCCCCCCCCCCCCCCCCCCCCCCC. The summed E-state index contributed by atoms with van der Waals surface area (Å²) in [6.45, 7) is 4.30. The summed E-state index contributed by atoms with van der Waals surface area (Å²) in [7, 11) is 0. The van der Waals surface area contributed by atoms with Crippen molar-refractivity contribution in [3.8, 4) is 0 Å². The number of carbonyl (C=O) groups excluding carboxylic acids is 1. The van der Waals surface area contributed by atoms with Gasteiger partial charge in [-0.2, -0.15) is 0 Å². The van der Waals surface area contributed by atoms with Crippen molar-refractivity contribution in [3.05, 3.63) is 48.6 Å². The second kappa shape index (κ2) is 51.7. The van der Waals surface area contributed by atoms with E-state index in [9.17, 15) is 15.0 Å². The second-order valence-electron chi connectivity index (χ2n) is 18.3. The Balaban J connectivity index is 3.53. The molecule has 0 radical (unpaired) electrons. The minimum atomic E-state index is -0.874. The highest BCUT2D eigenvalue weighted by atomic mass is 16.3. The zero-order valence-corrected chi connectivity index (χ0v) is 40.5. The van der Waals surface area contributed by atoms with E-state index >= 15 is 0 Å². The van der Waals surface area contributed by atoms with Crippen molar-refractivity contribution < 1.29 is 15.0 Å². The normalized spacial score (nSPS) is 13.2. The molecule has 4 nitrogen and oxygen atoms in total. The van der Waals surface area contributed by atoms with Crippen LogP contribution in [0.15, 0.2) is 48.6 Å². The van der Waals surface area contributed by atoms with E-state index in [2.05, 4.69) is 55.6 Å². The van der Waals surface area contributed by atoms with Crippen LogP contribution in [0.3, 0.4) is 0 Å². The zero-order valence-electron chi connectivity index (χ0n) is 40.5. The smallest absolute Gasteiger partial charge is 0.220 e. The lowest BCUT2D eigenvalue weighted by Gasteiger charge is -2.19. The molecule has 0 saturated heterocycles. The number of aliphatic hydroxyl groups excluding tert-OH is 2. The van der Waals surface area contributed by atoms with Gasteiger partial charge in [-0.15, -0.1) is 0 Å². The third kappa shape index (κ3) is 47.4. The third-order valence-electron chi connectivity index (χ3n) is 12.3. The Morgan fingerprint density at radius 2 is 0.650 bits per heavy atom. The summed E-state index contributed by atoms with van der Waals surface area (Å²) in [4.78, 5) is 12.4. The molecule has 3 N–H and O–H groups in total. The number of hydrogen-bond acceptors (Lipinski definition) is 3. The van der Waals surface area contributed by atoms with E-state index in [0.29, 0.717) is 6.42 Å². The molecule has 0 aliphatic carbocycles. The molecule has 0 aliphatic rings. The fourth-order valence-electron chi connectivity index (χ4n) is 8.15. The Morgan fingerprint density at radius 1 is 0.383 bits per heavy atom. The number of rotatable bonds is 49. The molecule has 2 unspecified atom stereocenters. The van der Waals surface area contributed by atoms with Crippen LogP contribution in [0.2, 0.25) is 0 Å². The first-order valence-electron chi connectivity index (χ1n) is 26.9. The molecule has 352 valence electrons. The van der Waals surface area contributed by atoms with E-state index in [1.165, 1.54) is 212 Å². The molecule has 0 rings (SSSR count). The second-order valence-corrected chi connectivity index (χ2v) is 18.3. The standard InChI is InChI=1S/C56H105NO3/c1-3-5-7-9-11-13-15-17-19-20-21-22-23-24-25-26-27-28-29-30-31-32-33-34-35-36-38-39-41-43-45-47-49-51-55(59)54(53-58)57-56(60)52-50-48-46-44-42-40-37-18-16-14-12-10-8-6-4-2/h18,35-37,41,43,49,51,54-55,58-59H,3-17,19-34,38-40,42,44-48,50,52-53H2,1-2H3,(H,57,60)/b36-35+,37-18-,43-41+,51-49+. The van der Waals surface area contributed by atoms with Gasteiger partial charge in [0.2, 0.25) is 5.91 Å². The first-order chi connectivity index (χ1) is 29.7. The van der Waals surface area contributed by atoms with Crippen molar-refractivity contribution in [2.75, 3.05) is 6.61 Å². The lowest BCUT2D eigenvalue weighted by Crippen LogP contribution is -2.45. The number of hydrogen-bond donors (Lipinski definition) is 3. The molecular formula is C56H105NO3. The van der Waals surface area contributed by atoms with Crippen LogP contribution in [0, 0.1) is 0 Å². The predicted octanol–water partition coefficient (Wildman–Crippen LogP) is 17.5. The predicted molar refractivity (Wildman–Crippen MR) is 267 cm³/mol. The van der Waals surface area contributed by atoms with Crippen LogP contribution in [-0.4, -0.2) is 34.9 Å². The summed E-state index contributed by atoms with van der Waals surface area (Å²) >= 11 is 0. The van der Waals surface area contributed by atoms with Gasteiger partial charge in [-0.1, -0.05) is 255 Å². The summed E-state index contributed by atoms with van der Waals surface area (Å²) < 4.78 is 0. The maximum absolute atomic E-state index is 12.4. The van der Waals surface area contributed by atoms with Crippen molar-refractivity contribution in [2.24, 2.45) is 0 Å². The summed E-state index contributed by atoms with van der Waals surface area (Å²) in [5.74, 6) is -0.0858. The lowest BCUT2D eigenvalue weighted by atomic mass is 10.0. The van der Waals surface area contributed by atoms with Crippen molar-refractivity contribution in [1.29, 1.82) is 0 Å². The fraction of sp³-hybridized carbons (Fsp3) is 0.839.